The lowest BCUT2D eigenvalue weighted by Gasteiger charge is -2.34. The molecule has 0 aliphatic carbocycles. The Bertz CT molecular complexity index is 1010. The third-order valence-electron chi connectivity index (χ3n) is 5.50. The first kappa shape index (κ1) is 20.1. The Morgan fingerprint density at radius 1 is 0.967 bits per heavy atom. The molecule has 0 N–H and O–H groups in total. The Morgan fingerprint density at radius 3 is 2.30 bits per heavy atom. The largest absolute Gasteiger partial charge is 0.336 e. The van der Waals surface area contributed by atoms with Crippen molar-refractivity contribution in [2.45, 2.75) is 13.8 Å². The van der Waals surface area contributed by atoms with Gasteiger partial charge in [-0.25, -0.2) is 4.68 Å². The van der Waals surface area contributed by atoms with Gasteiger partial charge in [-0.1, -0.05) is 42.5 Å². The molecule has 0 unspecified atom stereocenters. The lowest BCUT2D eigenvalue weighted by atomic mass is 10.1. The summed E-state index contributed by atoms with van der Waals surface area (Å²) in [5.74, 6) is 0.106. The molecular formula is C25H28N4O. The number of carbonyl (C=O) groups is 1. The number of nitrogens with zero attached hydrogens (tertiary/aromatic N) is 4. The van der Waals surface area contributed by atoms with Crippen molar-refractivity contribution in [3.8, 4) is 5.69 Å². The summed E-state index contributed by atoms with van der Waals surface area (Å²) in [6.07, 6.45) is 4.35. The van der Waals surface area contributed by atoms with Gasteiger partial charge in [-0.05, 0) is 49.7 Å². The molecule has 1 saturated heterocycles. The summed E-state index contributed by atoms with van der Waals surface area (Å²) >= 11 is 0. The molecule has 0 atom stereocenters. The second-order valence-electron chi connectivity index (χ2n) is 7.79. The topological polar surface area (TPSA) is 41.4 Å². The van der Waals surface area contributed by atoms with E-state index in [-0.39, 0.29) is 5.91 Å². The van der Waals surface area contributed by atoms with Crippen molar-refractivity contribution in [3.05, 3.63) is 89.3 Å². The molecular weight excluding hydrogens is 372 g/mol. The average Bonchev–Trinajstić information content (AvgIpc) is 3.12. The summed E-state index contributed by atoms with van der Waals surface area (Å²) in [6, 6.07) is 20.1. The lowest BCUT2D eigenvalue weighted by molar-refractivity contribution is 0.0650. The quantitative estimate of drug-likeness (QED) is 0.651. The molecule has 0 radical (unpaired) electrons. The third kappa shape index (κ3) is 4.69. The zero-order chi connectivity index (χ0) is 20.9. The zero-order valence-electron chi connectivity index (χ0n) is 17.7. The Morgan fingerprint density at radius 2 is 1.67 bits per heavy atom. The zero-order valence-corrected chi connectivity index (χ0v) is 17.7. The molecule has 1 fully saturated rings. The lowest BCUT2D eigenvalue weighted by Crippen LogP contribution is -2.48. The maximum atomic E-state index is 12.9. The van der Waals surface area contributed by atoms with Gasteiger partial charge >= 0.3 is 0 Å². The molecule has 0 spiro atoms. The molecule has 1 amide bonds. The van der Waals surface area contributed by atoms with Crippen molar-refractivity contribution < 1.29 is 4.79 Å². The predicted molar refractivity (Wildman–Crippen MR) is 121 cm³/mol. The van der Waals surface area contributed by atoms with E-state index in [1.807, 2.05) is 72.0 Å². The number of aromatic nitrogens is 2. The maximum Gasteiger partial charge on any atom is 0.253 e. The van der Waals surface area contributed by atoms with Gasteiger partial charge in [-0.3, -0.25) is 9.69 Å². The molecule has 2 aromatic carbocycles. The highest BCUT2D eigenvalue weighted by Crippen LogP contribution is 2.15. The molecule has 5 nitrogen and oxygen atoms in total. The molecule has 1 aliphatic rings. The second kappa shape index (κ2) is 9.09. The number of piperazine rings is 1. The Kier molecular flexibility index (Phi) is 6.10. The number of hydrogen-bond acceptors (Lipinski definition) is 3. The first-order valence-corrected chi connectivity index (χ1v) is 10.5. The van der Waals surface area contributed by atoms with Crippen molar-refractivity contribution in [3.63, 3.8) is 0 Å². The summed E-state index contributed by atoms with van der Waals surface area (Å²) < 4.78 is 1.91. The standard InChI is InChI=1S/C25H28N4O/c1-20-19-21(2)29(26-20)24-12-10-23(11-13-24)25(30)28-17-15-27(16-18-28)14-6-9-22-7-4-3-5-8-22/h3-13,19H,14-18H2,1-2H3/b9-6+. The smallest absolute Gasteiger partial charge is 0.253 e. The molecule has 4 rings (SSSR count). The summed E-state index contributed by atoms with van der Waals surface area (Å²) in [5.41, 5.74) is 5.01. The highest BCUT2D eigenvalue weighted by molar-refractivity contribution is 5.94. The van der Waals surface area contributed by atoms with Crippen LogP contribution in [0.1, 0.15) is 27.3 Å². The van der Waals surface area contributed by atoms with Crippen molar-refractivity contribution >= 4 is 12.0 Å². The average molecular weight is 401 g/mol. The van der Waals surface area contributed by atoms with Crippen LogP contribution in [0.25, 0.3) is 11.8 Å². The van der Waals surface area contributed by atoms with Gasteiger partial charge in [-0.15, -0.1) is 0 Å². The first-order valence-electron chi connectivity index (χ1n) is 10.5. The fraction of sp³-hybridized carbons (Fsp3) is 0.280. The Hall–Kier alpha value is -3.18. The van der Waals surface area contributed by atoms with Crippen LogP contribution >= 0.6 is 0 Å². The fourth-order valence-corrected chi connectivity index (χ4v) is 3.85. The van der Waals surface area contributed by atoms with Crippen LogP contribution in [0.2, 0.25) is 0 Å². The van der Waals surface area contributed by atoms with Gasteiger partial charge in [-0.2, -0.15) is 5.10 Å². The monoisotopic (exact) mass is 400 g/mol. The van der Waals surface area contributed by atoms with Crippen LogP contribution in [0, 0.1) is 13.8 Å². The van der Waals surface area contributed by atoms with Gasteiger partial charge in [0, 0.05) is 44.0 Å². The Labute approximate surface area is 178 Å². The summed E-state index contributed by atoms with van der Waals surface area (Å²) in [4.78, 5) is 17.2. The molecule has 0 bridgehead atoms. The van der Waals surface area contributed by atoms with Crippen LogP contribution < -0.4 is 0 Å². The SMILES string of the molecule is Cc1cc(C)n(-c2ccc(C(=O)N3CCN(C/C=C/c4ccccc4)CC3)cc2)n1. The van der Waals surface area contributed by atoms with Crippen molar-refractivity contribution in [2.75, 3.05) is 32.7 Å². The Balaban J connectivity index is 1.31. The van der Waals surface area contributed by atoms with Gasteiger partial charge in [0.05, 0.1) is 11.4 Å². The summed E-state index contributed by atoms with van der Waals surface area (Å²) in [7, 11) is 0. The fourth-order valence-electron chi connectivity index (χ4n) is 3.85. The number of carbonyl (C=O) groups excluding carboxylic acids is 1. The minimum absolute atomic E-state index is 0.106. The van der Waals surface area contributed by atoms with Crippen LogP contribution in [0.4, 0.5) is 0 Å². The number of benzene rings is 2. The first-order chi connectivity index (χ1) is 14.6. The second-order valence-corrected chi connectivity index (χ2v) is 7.79. The van der Waals surface area contributed by atoms with Gasteiger partial charge in [0.25, 0.3) is 5.91 Å². The van der Waals surface area contributed by atoms with E-state index in [9.17, 15) is 4.79 Å². The third-order valence-corrected chi connectivity index (χ3v) is 5.50. The molecule has 3 aromatic rings. The molecule has 30 heavy (non-hydrogen) atoms. The number of aryl methyl sites for hydroxylation is 2. The van der Waals surface area contributed by atoms with Crippen LogP contribution in [0.3, 0.4) is 0 Å². The predicted octanol–water partition coefficient (Wildman–Crippen LogP) is 3.96. The molecule has 1 aromatic heterocycles. The van der Waals surface area contributed by atoms with Crippen molar-refractivity contribution in [1.29, 1.82) is 0 Å². The summed E-state index contributed by atoms with van der Waals surface area (Å²) in [5, 5.41) is 4.51. The van der Waals surface area contributed by atoms with Crippen molar-refractivity contribution in [1.82, 2.24) is 19.6 Å². The van der Waals surface area contributed by atoms with Gasteiger partial charge in [0.1, 0.15) is 0 Å². The molecule has 5 heteroatoms. The van der Waals surface area contributed by atoms with E-state index >= 15 is 0 Å². The van der Waals surface area contributed by atoms with Gasteiger partial charge < -0.3 is 4.90 Å². The normalized spacial score (nSPS) is 15.1. The summed E-state index contributed by atoms with van der Waals surface area (Å²) in [6.45, 7) is 8.25. The van der Waals surface area contributed by atoms with E-state index in [1.165, 1.54) is 5.56 Å². The van der Waals surface area contributed by atoms with E-state index in [0.29, 0.717) is 0 Å². The van der Waals surface area contributed by atoms with Crippen molar-refractivity contribution in [2.24, 2.45) is 0 Å². The van der Waals surface area contributed by atoms with E-state index in [2.05, 4.69) is 34.3 Å². The van der Waals surface area contributed by atoms with E-state index < -0.39 is 0 Å². The molecule has 1 aliphatic heterocycles. The van der Waals surface area contributed by atoms with Crippen LogP contribution in [0.5, 0.6) is 0 Å². The number of amides is 1. The number of hydrogen-bond donors (Lipinski definition) is 0. The molecule has 154 valence electrons. The van der Waals surface area contributed by atoms with Gasteiger partial charge in [0.15, 0.2) is 0 Å². The van der Waals surface area contributed by atoms with Gasteiger partial charge in [0.2, 0.25) is 0 Å². The maximum absolute atomic E-state index is 12.9. The highest BCUT2D eigenvalue weighted by Gasteiger charge is 2.21. The van der Waals surface area contributed by atoms with Crippen LogP contribution in [-0.4, -0.2) is 58.2 Å². The minimum Gasteiger partial charge on any atom is -0.336 e. The molecule has 2 heterocycles. The number of rotatable bonds is 5. The van der Waals surface area contributed by atoms with Crippen LogP contribution in [0.15, 0.2) is 66.7 Å². The van der Waals surface area contributed by atoms with E-state index in [4.69, 9.17) is 0 Å². The molecule has 0 saturated carbocycles. The highest BCUT2D eigenvalue weighted by atomic mass is 16.2. The van der Waals surface area contributed by atoms with E-state index in [1.54, 1.807) is 0 Å². The van der Waals surface area contributed by atoms with E-state index in [0.717, 1.165) is 55.4 Å². The van der Waals surface area contributed by atoms with Crippen LogP contribution in [-0.2, 0) is 0 Å². The minimum atomic E-state index is 0.106.